The van der Waals surface area contributed by atoms with Gasteiger partial charge in [0.15, 0.2) is 12.3 Å². The molecule has 9 nitrogen and oxygen atoms in total. The number of benzene rings is 3. The summed E-state index contributed by atoms with van der Waals surface area (Å²) in [5.74, 6) is 1.76. The molecule has 0 saturated carbocycles. The van der Waals surface area contributed by atoms with Crippen LogP contribution in [0.3, 0.4) is 0 Å². The molecule has 2 aliphatic heterocycles. The Morgan fingerprint density at radius 2 is 1.67 bits per heavy atom. The van der Waals surface area contributed by atoms with E-state index >= 15 is 0 Å². The van der Waals surface area contributed by atoms with Crippen molar-refractivity contribution >= 4 is 33.0 Å². The van der Waals surface area contributed by atoms with Gasteiger partial charge in [0.1, 0.15) is 27.4 Å². The van der Waals surface area contributed by atoms with Crippen LogP contribution in [0.4, 0.5) is 11.4 Å². The molecule has 0 amide bonds. The topological polar surface area (TPSA) is 106 Å². The lowest BCUT2D eigenvalue weighted by Crippen LogP contribution is -2.79. The number of anilines is 1. The van der Waals surface area contributed by atoms with E-state index in [1.165, 1.54) is 28.6 Å². The van der Waals surface area contributed by atoms with Crippen LogP contribution in [0.2, 0.25) is 0 Å². The van der Waals surface area contributed by atoms with Gasteiger partial charge < -0.3 is 28.8 Å². The minimum Gasteiger partial charge on any atom is -0.744 e. The molecule has 0 atom stereocenters. The maximum Gasteiger partial charge on any atom is 0.209 e. The van der Waals surface area contributed by atoms with Crippen molar-refractivity contribution in [1.29, 1.82) is 0 Å². The van der Waals surface area contributed by atoms with Gasteiger partial charge in [0.05, 0.1) is 58.0 Å². The molecule has 61 heavy (non-hydrogen) atoms. The van der Waals surface area contributed by atoms with Gasteiger partial charge in [-0.1, -0.05) is 49.8 Å². The highest BCUT2D eigenvalue weighted by Gasteiger charge is 2.45. The van der Waals surface area contributed by atoms with Gasteiger partial charge in [-0.3, -0.25) is 0 Å². The number of aryl methyl sites for hydroxylation is 2. The highest BCUT2D eigenvalue weighted by Crippen LogP contribution is 2.48. The van der Waals surface area contributed by atoms with Gasteiger partial charge in [-0.05, 0) is 118 Å². The number of carbonyl (C=O) groups excluding carboxylic acids is 1. The summed E-state index contributed by atoms with van der Waals surface area (Å²) in [6.45, 7) is 16.4. The summed E-state index contributed by atoms with van der Waals surface area (Å²) in [5, 5.41) is 2.16. The first-order valence-corrected chi connectivity index (χ1v) is 23.4. The predicted molar refractivity (Wildman–Crippen MR) is 246 cm³/mol. The lowest BCUT2D eigenvalue weighted by molar-refractivity contribution is -0.870. The summed E-state index contributed by atoms with van der Waals surface area (Å²) in [7, 11) is 4.19. The summed E-state index contributed by atoms with van der Waals surface area (Å²) in [4.78, 5) is 14.0. The average molecular weight is 849 g/mol. The average Bonchev–Trinajstić information content (AvgIpc) is 3.52. The molecule has 10 heteroatoms. The Bertz CT molecular complexity index is 2410. The fourth-order valence-corrected chi connectivity index (χ4v) is 9.61. The van der Waals surface area contributed by atoms with Crippen molar-refractivity contribution in [2.45, 2.75) is 102 Å². The largest absolute Gasteiger partial charge is 0.744 e. The molecular formula is C51H68N4O5S+2. The monoisotopic (exact) mass is 848 g/mol. The first kappa shape index (κ1) is 45.9. The number of fused-ring (bicyclic) bond motifs is 2. The summed E-state index contributed by atoms with van der Waals surface area (Å²) in [6, 6.07) is 19.7. The Hall–Kier alpha value is -4.61. The molecule has 0 fully saturated rings. The molecular weight excluding hydrogens is 781 g/mol. The summed E-state index contributed by atoms with van der Waals surface area (Å²) in [5.41, 5.74) is 10.5. The maximum absolute atomic E-state index is 12.1. The second kappa shape index (κ2) is 18.4. The molecule has 0 bridgehead atoms. The molecule has 3 aromatic carbocycles. The van der Waals surface area contributed by atoms with Crippen molar-refractivity contribution < 1.29 is 36.9 Å². The van der Waals surface area contributed by atoms with E-state index < -0.39 is 15.5 Å². The van der Waals surface area contributed by atoms with Crippen LogP contribution in [0.15, 0.2) is 112 Å². The Labute approximate surface area is 365 Å². The summed E-state index contributed by atoms with van der Waals surface area (Å²) >= 11 is 0. The van der Waals surface area contributed by atoms with E-state index in [2.05, 4.69) is 120 Å². The molecule has 0 saturated heterocycles. The maximum atomic E-state index is 12.1. The third-order valence-corrected chi connectivity index (χ3v) is 13.4. The van der Waals surface area contributed by atoms with Crippen molar-refractivity contribution in [1.82, 2.24) is 0 Å². The number of carbonyl (C=O) groups is 1. The molecule has 0 radical (unpaired) electrons. The quantitative estimate of drug-likeness (QED) is 0.0637. The number of quaternary nitrogens is 2. The summed E-state index contributed by atoms with van der Waals surface area (Å²) in [6.07, 6.45) is 14.8. The van der Waals surface area contributed by atoms with Crippen LogP contribution >= 0.6 is 0 Å². The lowest BCUT2D eigenvalue weighted by atomic mass is 9.81. The van der Waals surface area contributed by atoms with Gasteiger partial charge >= 0.3 is 0 Å². The van der Waals surface area contributed by atoms with Crippen molar-refractivity contribution in [3.63, 3.8) is 0 Å². The predicted octanol–water partition coefficient (Wildman–Crippen LogP) is 8.16. The second-order valence-electron chi connectivity index (χ2n) is 19.2. The number of nitrogens with zero attached hydrogens (tertiary/aromatic N) is 3. The number of ketones is 1. The van der Waals surface area contributed by atoms with Crippen LogP contribution in [0, 0.1) is 6.92 Å². The number of hydrogen-bond donors (Lipinski definition) is 1. The second-order valence-corrected chi connectivity index (χ2v) is 20.6. The Morgan fingerprint density at radius 1 is 0.934 bits per heavy atom. The molecule has 0 spiro atoms. The number of rotatable bonds is 17. The fourth-order valence-electron chi connectivity index (χ4n) is 9.11. The van der Waals surface area contributed by atoms with Crippen molar-refractivity contribution in [2.24, 2.45) is 0 Å². The van der Waals surface area contributed by atoms with Gasteiger partial charge in [0.2, 0.25) is 5.69 Å². The van der Waals surface area contributed by atoms with E-state index in [4.69, 9.17) is 4.74 Å². The van der Waals surface area contributed by atoms with Gasteiger partial charge in [-0.15, -0.1) is 0 Å². The normalized spacial score (nSPS) is 18.8. The Morgan fingerprint density at radius 3 is 2.34 bits per heavy atom. The number of Topliss-reactive ketones (excluding diaryl/α,β-unsaturated/α-hetero) is 1. The smallest absolute Gasteiger partial charge is 0.209 e. The van der Waals surface area contributed by atoms with Crippen LogP contribution in [0.5, 0.6) is 5.75 Å². The van der Waals surface area contributed by atoms with Gasteiger partial charge in [-0.2, -0.15) is 4.58 Å². The molecule has 0 aromatic heterocycles. The number of hydrogen-bond acceptors (Lipinski definition) is 6. The lowest BCUT2D eigenvalue weighted by Gasteiger charge is -2.29. The third kappa shape index (κ3) is 10.5. The van der Waals surface area contributed by atoms with Gasteiger partial charge in [0, 0.05) is 53.9 Å². The Balaban J connectivity index is 1.45. The van der Waals surface area contributed by atoms with Gasteiger partial charge in [-0.25, -0.2) is 8.42 Å². The fraction of sp³-hybridized carbons (Fsp3) is 0.451. The molecule has 3 aliphatic rings. The zero-order chi connectivity index (χ0) is 44.3. The SMILES string of the molecule is C[NH2+]CCC[N+]1=C(C=CC2=C(Oc3ccc(CCC(C)=O)cc3)C(=CC=C3N(CCC[N+](C)(C)C)c4ccc(C)cc4C3(C)C)CCC2)C(C)(C)c2cc(S(=O)(=O)[O-])ccc21. The van der Waals surface area contributed by atoms with Crippen molar-refractivity contribution in [3.8, 4) is 5.75 Å². The van der Waals surface area contributed by atoms with E-state index in [0.29, 0.717) is 12.8 Å². The highest BCUT2D eigenvalue weighted by atomic mass is 32.2. The van der Waals surface area contributed by atoms with Crippen molar-refractivity contribution in [3.05, 3.63) is 130 Å². The van der Waals surface area contributed by atoms with Crippen LogP contribution in [-0.2, 0) is 32.2 Å². The van der Waals surface area contributed by atoms with Crippen LogP contribution in [-0.4, -0.2) is 87.9 Å². The first-order chi connectivity index (χ1) is 28.7. The molecule has 1 aliphatic carbocycles. The minimum absolute atomic E-state index is 0.174. The molecule has 2 heterocycles. The van der Waals surface area contributed by atoms with E-state index in [9.17, 15) is 17.8 Å². The van der Waals surface area contributed by atoms with Gasteiger partial charge in [0.25, 0.3) is 0 Å². The first-order valence-electron chi connectivity index (χ1n) is 22.0. The third-order valence-electron chi connectivity index (χ3n) is 12.6. The van der Waals surface area contributed by atoms with E-state index in [1.807, 2.05) is 24.3 Å². The minimum atomic E-state index is -4.62. The van der Waals surface area contributed by atoms with E-state index in [0.717, 1.165) is 108 Å². The van der Waals surface area contributed by atoms with Crippen LogP contribution in [0.25, 0.3) is 0 Å². The standard InChI is InChI=1S/C51H67N4O5S/c1-36-16-26-45-43(34-36)50(3,4)47(54(45)32-13-33-55(8,9)10)28-21-39-14-11-15-40(49(39)60-41-23-19-38(20-24-41)18-17-37(2)56)22-29-48-51(5,6)44-35-42(61(57,58)59)25-27-46(44)53(48)31-12-30-52-7/h16,19-29,34-35,52H,11-15,17-18,30-33H2,1-10H3/q+1/p+1. The highest BCUT2D eigenvalue weighted by molar-refractivity contribution is 7.85. The van der Waals surface area contributed by atoms with E-state index in [1.54, 1.807) is 19.1 Å². The van der Waals surface area contributed by atoms with Crippen LogP contribution < -0.4 is 15.0 Å². The molecule has 6 rings (SSSR count). The van der Waals surface area contributed by atoms with Crippen molar-refractivity contribution in [2.75, 3.05) is 59.3 Å². The number of allylic oxidation sites excluding steroid dienone is 7. The molecule has 0 unspecified atom stereocenters. The molecule has 3 aromatic rings. The zero-order valence-electron chi connectivity index (χ0n) is 38.2. The molecule has 326 valence electrons. The van der Waals surface area contributed by atoms with Crippen LogP contribution in [0.1, 0.15) is 95.4 Å². The zero-order valence-corrected chi connectivity index (χ0v) is 39.0. The number of nitrogens with two attached hydrogens (primary N) is 1. The van der Waals surface area contributed by atoms with E-state index in [-0.39, 0.29) is 16.1 Å². The summed E-state index contributed by atoms with van der Waals surface area (Å²) < 4.78 is 46.6. The number of ether oxygens (including phenoxy) is 1. The Kier molecular flexibility index (Phi) is 13.8. The molecule has 2 N–H and O–H groups in total.